The lowest BCUT2D eigenvalue weighted by atomic mass is 9.72. The van der Waals surface area contributed by atoms with Crippen LogP contribution in [0.3, 0.4) is 0 Å². The van der Waals surface area contributed by atoms with Crippen LogP contribution in [0.1, 0.15) is 53.2 Å². The number of anilines is 1. The van der Waals surface area contributed by atoms with E-state index in [1.807, 2.05) is 0 Å². The average Bonchev–Trinajstić information content (AvgIpc) is 2.84. The van der Waals surface area contributed by atoms with Crippen LogP contribution >= 0.6 is 15.9 Å². The van der Waals surface area contributed by atoms with Crippen LogP contribution in [0.15, 0.2) is 47.1 Å². The second kappa shape index (κ2) is 10.6. The molecule has 2 aromatic carbocycles. The van der Waals surface area contributed by atoms with Crippen molar-refractivity contribution in [2.75, 3.05) is 12.3 Å². The number of hydrogen-bond donors (Lipinski definition) is 4. The summed E-state index contributed by atoms with van der Waals surface area (Å²) in [6.45, 7) is -0.758. The quantitative estimate of drug-likeness (QED) is 0.345. The van der Waals surface area contributed by atoms with Gasteiger partial charge >= 0.3 is 0 Å². The predicted octanol–water partition coefficient (Wildman–Crippen LogP) is 3.53. The summed E-state index contributed by atoms with van der Waals surface area (Å²) >= 11 is 3.14. The van der Waals surface area contributed by atoms with E-state index in [9.17, 15) is 19.4 Å². The molecule has 0 saturated heterocycles. The Kier molecular flexibility index (Phi) is 7.72. The number of benzene rings is 2. The molecule has 0 bridgehead atoms. The summed E-state index contributed by atoms with van der Waals surface area (Å²) in [7, 11) is 6.14. The molecule has 1 aromatic heterocycles. The lowest BCUT2D eigenvalue weighted by Gasteiger charge is -2.30. The molecule has 36 heavy (non-hydrogen) atoms. The van der Waals surface area contributed by atoms with E-state index < -0.39 is 29.6 Å². The van der Waals surface area contributed by atoms with E-state index in [1.54, 1.807) is 6.20 Å². The Bertz CT molecular complexity index is 1270. The molecule has 0 unspecified atom stereocenters. The van der Waals surface area contributed by atoms with Gasteiger partial charge in [-0.15, -0.1) is 0 Å². The Morgan fingerprint density at radius 2 is 1.92 bits per heavy atom. The average molecular weight is 557 g/mol. The maximum atomic E-state index is 15.1. The normalized spacial score (nSPS) is 19.5. The standard InChI is InChI=1S/C25H24BBrF2N4O3/c26-25(12-34,15-8-16(27)10-17(28)9-15)33-24(36)19-6-3-14(7-20(19)29)22-23(30)31-11-21(32-22)13-1-4-18(35)5-2-13/h3,6-11,13,18,34-35H,1-2,4-5,12H2,(H2,30,31)(H,33,36)/t13?,18?,25-/m1/s1. The Labute approximate surface area is 216 Å². The number of nitrogen functional groups attached to an aromatic ring is 1. The van der Waals surface area contributed by atoms with E-state index in [2.05, 4.69) is 31.2 Å². The van der Waals surface area contributed by atoms with E-state index in [1.165, 1.54) is 24.3 Å². The van der Waals surface area contributed by atoms with Crippen molar-refractivity contribution >= 4 is 35.5 Å². The van der Waals surface area contributed by atoms with Crippen molar-refractivity contribution in [1.82, 2.24) is 15.3 Å². The molecular formula is C25H24BBrF2N4O3. The smallest absolute Gasteiger partial charge is 0.254 e. The lowest BCUT2D eigenvalue weighted by Crippen LogP contribution is -2.49. The number of nitrogens with two attached hydrogens (primary N) is 1. The van der Waals surface area contributed by atoms with Crippen molar-refractivity contribution in [3.05, 3.63) is 75.5 Å². The summed E-state index contributed by atoms with van der Waals surface area (Å²) < 4.78 is 29.3. The second-order valence-corrected chi connectivity index (χ2v) is 9.89. The largest absolute Gasteiger partial charge is 0.394 e. The first-order valence-electron chi connectivity index (χ1n) is 11.4. The van der Waals surface area contributed by atoms with Crippen LogP contribution in [0.4, 0.5) is 14.6 Å². The van der Waals surface area contributed by atoms with Crippen molar-refractivity contribution in [3.8, 4) is 11.3 Å². The van der Waals surface area contributed by atoms with Crippen molar-refractivity contribution in [3.63, 3.8) is 0 Å². The molecule has 5 N–H and O–H groups in total. The van der Waals surface area contributed by atoms with Crippen LogP contribution in [-0.4, -0.2) is 46.6 Å². The molecule has 7 nitrogen and oxygen atoms in total. The van der Waals surface area contributed by atoms with Gasteiger partial charge in [0.2, 0.25) is 0 Å². The Morgan fingerprint density at radius 3 is 2.56 bits per heavy atom. The molecule has 3 aromatic rings. The molecule has 4 rings (SSSR count). The number of aromatic nitrogens is 2. The number of rotatable bonds is 6. The van der Waals surface area contributed by atoms with Crippen molar-refractivity contribution in [2.24, 2.45) is 0 Å². The summed E-state index contributed by atoms with van der Waals surface area (Å²) in [6, 6.07) is 7.58. The maximum absolute atomic E-state index is 15.1. The summed E-state index contributed by atoms with van der Waals surface area (Å²) in [6.07, 6.45) is 4.16. The topological polar surface area (TPSA) is 121 Å². The highest BCUT2D eigenvalue weighted by molar-refractivity contribution is 9.10. The number of nitrogens with one attached hydrogen (secondary N) is 1. The number of amides is 1. The Balaban J connectivity index is 1.59. The van der Waals surface area contributed by atoms with Crippen molar-refractivity contribution in [1.29, 1.82) is 0 Å². The Hall–Kier alpha value is -2.89. The minimum Gasteiger partial charge on any atom is -0.394 e. The molecule has 11 heteroatoms. The van der Waals surface area contributed by atoms with E-state index >= 15 is 4.39 Å². The fourth-order valence-electron chi connectivity index (χ4n) is 4.32. The fraction of sp³-hybridized carbons (Fsp3) is 0.320. The first kappa shape index (κ1) is 26.2. The number of carbonyl (C=O) groups is 1. The van der Waals surface area contributed by atoms with Gasteiger partial charge in [-0.25, -0.2) is 18.7 Å². The number of aliphatic hydroxyl groups excluding tert-OH is 2. The van der Waals surface area contributed by atoms with Crippen LogP contribution in [0.25, 0.3) is 11.3 Å². The van der Waals surface area contributed by atoms with E-state index in [-0.39, 0.29) is 34.7 Å². The molecule has 1 atom stereocenters. The van der Waals surface area contributed by atoms with Gasteiger partial charge in [-0.1, -0.05) is 22.0 Å². The molecule has 0 spiro atoms. The van der Waals surface area contributed by atoms with Crippen molar-refractivity contribution < 1.29 is 23.8 Å². The zero-order valence-electron chi connectivity index (χ0n) is 19.2. The number of aliphatic hydroxyl groups is 2. The van der Waals surface area contributed by atoms with E-state index in [4.69, 9.17) is 13.6 Å². The van der Waals surface area contributed by atoms with Crippen molar-refractivity contribution in [2.45, 2.75) is 43.1 Å². The van der Waals surface area contributed by atoms with Crippen LogP contribution in [0, 0.1) is 11.6 Å². The third kappa shape index (κ3) is 5.58. The second-order valence-electron chi connectivity index (χ2n) is 8.97. The molecular weight excluding hydrogens is 533 g/mol. The molecule has 1 aliphatic rings. The lowest BCUT2D eigenvalue weighted by molar-refractivity contribution is 0.0892. The number of hydrogen-bond acceptors (Lipinski definition) is 6. The highest BCUT2D eigenvalue weighted by Gasteiger charge is 2.30. The zero-order chi connectivity index (χ0) is 26.0. The van der Waals surface area contributed by atoms with Crippen LogP contribution in [0.2, 0.25) is 0 Å². The fourth-order valence-corrected chi connectivity index (χ4v) is 4.79. The van der Waals surface area contributed by atoms with Crippen LogP contribution in [-0.2, 0) is 5.44 Å². The third-order valence-electron chi connectivity index (χ3n) is 6.39. The Morgan fingerprint density at radius 1 is 1.19 bits per heavy atom. The van der Waals surface area contributed by atoms with Gasteiger partial charge < -0.3 is 21.3 Å². The summed E-state index contributed by atoms with van der Waals surface area (Å²) in [5.41, 5.74) is 5.26. The van der Waals surface area contributed by atoms with Gasteiger partial charge in [-0.05, 0) is 61.6 Å². The molecule has 2 radical (unpaired) electrons. The molecule has 1 amide bonds. The molecule has 0 aliphatic heterocycles. The van der Waals surface area contributed by atoms with Gasteiger partial charge in [0.25, 0.3) is 5.91 Å². The number of halogens is 3. The number of nitrogens with zero attached hydrogens (tertiary/aromatic N) is 2. The highest BCUT2D eigenvalue weighted by Crippen LogP contribution is 2.34. The SMILES string of the molecule is [B][C@](CO)(NC(=O)c1ccc(-c2nc(C3CCC(O)CC3)cnc2N)cc1F)c1cc(F)cc(Br)c1. The molecule has 1 aliphatic carbocycles. The monoisotopic (exact) mass is 556 g/mol. The molecule has 186 valence electrons. The van der Waals surface area contributed by atoms with E-state index in [0.717, 1.165) is 25.0 Å². The first-order chi connectivity index (χ1) is 17.1. The zero-order valence-corrected chi connectivity index (χ0v) is 20.8. The highest BCUT2D eigenvalue weighted by atomic mass is 79.9. The maximum Gasteiger partial charge on any atom is 0.254 e. The van der Waals surface area contributed by atoms with Gasteiger partial charge in [0.05, 0.1) is 30.2 Å². The first-order valence-corrected chi connectivity index (χ1v) is 12.2. The van der Waals surface area contributed by atoms with Gasteiger partial charge in [-0.3, -0.25) is 4.79 Å². The van der Waals surface area contributed by atoms with Gasteiger partial charge in [-0.2, -0.15) is 0 Å². The van der Waals surface area contributed by atoms with Gasteiger partial charge in [0, 0.05) is 21.4 Å². The van der Waals surface area contributed by atoms with E-state index in [0.29, 0.717) is 28.6 Å². The van der Waals surface area contributed by atoms with Gasteiger partial charge in [0.1, 0.15) is 31.0 Å². The minimum absolute atomic E-state index is 0.0948. The molecule has 1 heterocycles. The van der Waals surface area contributed by atoms with Crippen LogP contribution in [0.5, 0.6) is 0 Å². The minimum atomic E-state index is -1.86. The molecule has 1 saturated carbocycles. The van der Waals surface area contributed by atoms with Gasteiger partial charge in [0.15, 0.2) is 0 Å². The third-order valence-corrected chi connectivity index (χ3v) is 6.84. The van der Waals surface area contributed by atoms with Crippen LogP contribution < -0.4 is 11.1 Å². The molecule has 1 fully saturated rings. The predicted molar refractivity (Wildman–Crippen MR) is 135 cm³/mol. The summed E-state index contributed by atoms with van der Waals surface area (Å²) in [5, 5.41) is 22.0. The summed E-state index contributed by atoms with van der Waals surface area (Å²) in [4.78, 5) is 21.7. The number of carbonyl (C=O) groups excluding carboxylic acids is 1. The summed E-state index contributed by atoms with van der Waals surface area (Å²) in [5.74, 6) is -2.15.